The summed E-state index contributed by atoms with van der Waals surface area (Å²) in [5.41, 5.74) is 1.03. The van der Waals surface area contributed by atoms with Crippen LogP contribution in [0.15, 0.2) is 28.7 Å². The van der Waals surface area contributed by atoms with E-state index in [2.05, 4.69) is 14.9 Å². The van der Waals surface area contributed by atoms with Crippen molar-refractivity contribution in [2.24, 2.45) is 0 Å². The highest BCUT2D eigenvalue weighted by Crippen LogP contribution is 2.12. The fourth-order valence-electron chi connectivity index (χ4n) is 1.40. The van der Waals surface area contributed by atoms with Crippen molar-refractivity contribution in [1.82, 2.24) is 10.2 Å². The van der Waals surface area contributed by atoms with Gasteiger partial charge in [-0.05, 0) is 17.7 Å². The van der Waals surface area contributed by atoms with E-state index in [0.29, 0.717) is 11.1 Å². The van der Waals surface area contributed by atoms with Gasteiger partial charge in [0.2, 0.25) is 15.9 Å². The second-order valence-corrected chi connectivity index (χ2v) is 5.52. The zero-order valence-electron chi connectivity index (χ0n) is 9.99. The molecule has 0 saturated carbocycles. The number of anilines is 1. The number of nitrogens with one attached hydrogen (secondary N) is 1. The quantitative estimate of drug-likeness (QED) is 0.899. The Bertz CT molecular complexity index is 713. The van der Waals surface area contributed by atoms with Crippen LogP contribution in [0.1, 0.15) is 17.0 Å². The second kappa shape index (κ2) is 5.07. The van der Waals surface area contributed by atoms with Crippen LogP contribution in [0.4, 0.5) is 6.01 Å². The molecule has 0 fully saturated rings. The lowest BCUT2D eigenvalue weighted by Crippen LogP contribution is -2.15. The van der Waals surface area contributed by atoms with Crippen LogP contribution in [0.5, 0.6) is 0 Å². The second-order valence-electron chi connectivity index (χ2n) is 3.80. The van der Waals surface area contributed by atoms with Crippen LogP contribution in [-0.4, -0.2) is 18.6 Å². The maximum atomic E-state index is 11.8. The zero-order valence-corrected chi connectivity index (χ0v) is 10.8. The Hall–Kier alpha value is -2.40. The van der Waals surface area contributed by atoms with Crippen molar-refractivity contribution in [3.63, 3.8) is 0 Å². The summed E-state index contributed by atoms with van der Waals surface area (Å²) in [6, 6.07) is 8.08. The molecule has 0 bridgehead atoms. The molecule has 0 spiro atoms. The van der Waals surface area contributed by atoms with E-state index in [1.54, 1.807) is 31.2 Å². The Labute approximate surface area is 109 Å². The molecule has 0 saturated heterocycles. The van der Waals surface area contributed by atoms with E-state index < -0.39 is 10.0 Å². The third kappa shape index (κ3) is 3.53. The highest BCUT2D eigenvalue weighted by atomic mass is 32.2. The van der Waals surface area contributed by atoms with Gasteiger partial charge in [0.15, 0.2) is 0 Å². The molecule has 2 aromatic rings. The fraction of sp³-hybridized carbons (Fsp3) is 0.182. The molecule has 0 atom stereocenters. The number of hydrogen-bond donors (Lipinski definition) is 1. The van der Waals surface area contributed by atoms with Gasteiger partial charge in [-0.15, -0.1) is 5.10 Å². The number of nitriles is 1. The van der Waals surface area contributed by atoms with Gasteiger partial charge in [-0.25, -0.2) is 13.1 Å². The fourth-order valence-corrected chi connectivity index (χ4v) is 2.45. The van der Waals surface area contributed by atoms with Crippen LogP contribution < -0.4 is 4.72 Å². The molecule has 1 N–H and O–H groups in total. The predicted octanol–water partition coefficient (Wildman–Crippen LogP) is 1.19. The van der Waals surface area contributed by atoms with Crippen molar-refractivity contribution in [2.45, 2.75) is 12.7 Å². The Morgan fingerprint density at radius 1 is 1.32 bits per heavy atom. The number of nitrogens with zero attached hydrogens (tertiary/aromatic N) is 3. The van der Waals surface area contributed by atoms with Crippen molar-refractivity contribution in [3.8, 4) is 6.07 Å². The minimum Gasteiger partial charge on any atom is -0.408 e. The first kappa shape index (κ1) is 13.0. The van der Waals surface area contributed by atoms with Crippen molar-refractivity contribution in [3.05, 3.63) is 41.3 Å². The summed E-state index contributed by atoms with van der Waals surface area (Å²) in [5.74, 6) is 0.0382. The molecule has 0 unspecified atom stereocenters. The van der Waals surface area contributed by atoms with Gasteiger partial charge in [-0.1, -0.05) is 17.2 Å². The van der Waals surface area contributed by atoms with Crippen molar-refractivity contribution >= 4 is 16.0 Å². The Morgan fingerprint density at radius 2 is 2.00 bits per heavy atom. The molecule has 0 amide bonds. The van der Waals surface area contributed by atoms with Crippen LogP contribution in [0.2, 0.25) is 0 Å². The summed E-state index contributed by atoms with van der Waals surface area (Å²) in [7, 11) is -3.62. The predicted molar refractivity (Wildman–Crippen MR) is 66.4 cm³/mol. The Balaban J connectivity index is 2.10. The lowest BCUT2D eigenvalue weighted by atomic mass is 10.2. The van der Waals surface area contributed by atoms with E-state index >= 15 is 0 Å². The number of aryl methyl sites for hydroxylation is 1. The van der Waals surface area contributed by atoms with Crippen LogP contribution in [0.3, 0.4) is 0 Å². The van der Waals surface area contributed by atoms with E-state index in [0.717, 1.165) is 0 Å². The van der Waals surface area contributed by atoms with Crippen LogP contribution in [-0.2, 0) is 15.8 Å². The molecule has 0 aliphatic carbocycles. The first-order chi connectivity index (χ1) is 8.98. The zero-order chi connectivity index (χ0) is 13.9. The molecule has 98 valence electrons. The molecule has 1 heterocycles. The highest BCUT2D eigenvalue weighted by Gasteiger charge is 2.15. The normalized spacial score (nSPS) is 10.9. The maximum absolute atomic E-state index is 11.8. The minimum atomic E-state index is -3.62. The van der Waals surface area contributed by atoms with Gasteiger partial charge in [0.25, 0.3) is 0 Å². The smallest absolute Gasteiger partial charge is 0.329 e. The molecule has 0 radical (unpaired) electrons. The average Bonchev–Trinajstić information content (AvgIpc) is 2.74. The summed E-state index contributed by atoms with van der Waals surface area (Å²) in [6.45, 7) is 1.56. The van der Waals surface area contributed by atoms with Crippen molar-refractivity contribution in [2.75, 3.05) is 4.72 Å². The molecule has 1 aromatic heterocycles. The largest absolute Gasteiger partial charge is 0.408 e. The number of rotatable bonds is 4. The van der Waals surface area contributed by atoms with Crippen molar-refractivity contribution in [1.29, 1.82) is 5.26 Å². The van der Waals surface area contributed by atoms with E-state index in [1.165, 1.54) is 0 Å². The molecular formula is C11H10N4O3S. The van der Waals surface area contributed by atoms with E-state index in [1.807, 2.05) is 6.07 Å². The standard InChI is InChI=1S/C11H10N4O3S/c1-8-13-14-11(18-8)15-19(16,17)7-10-4-2-9(6-12)3-5-10/h2-5H,7H2,1H3,(H,14,15). The van der Waals surface area contributed by atoms with Gasteiger partial charge in [0.1, 0.15) is 0 Å². The van der Waals surface area contributed by atoms with Crippen molar-refractivity contribution < 1.29 is 12.8 Å². The van der Waals surface area contributed by atoms with E-state index in [9.17, 15) is 8.42 Å². The maximum Gasteiger partial charge on any atom is 0.329 e. The van der Waals surface area contributed by atoms with Crippen LogP contribution >= 0.6 is 0 Å². The van der Waals surface area contributed by atoms with Gasteiger partial charge in [-0.3, -0.25) is 0 Å². The number of aromatic nitrogens is 2. The van der Waals surface area contributed by atoms with E-state index in [4.69, 9.17) is 9.68 Å². The lowest BCUT2D eigenvalue weighted by Gasteiger charge is -2.04. The van der Waals surface area contributed by atoms with Gasteiger partial charge in [0.05, 0.1) is 17.4 Å². The lowest BCUT2D eigenvalue weighted by molar-refractivity contribution is 0.534. The van der Waals surface area contributed by atoms with Crippen LogP contribution in [0, 0.1) is 18.3 Å². The third-order valence-corrected chi connectivity index (χ3v) is 3.41. The molecular weight excluding hydrogens is 268 g/mol. The average molecular weight is 278 g/mol. The summed E-state index contributed by atoms with van der Waals surface area (Å²) in [4.78, 5) is 0. The number of benzene rings is 1. The van der Waals surface area contributed by atoms with Gasteiger partial charge >= 0.3 is 6.01 Å². The minimum absolute atomic E-state index is 0.161. The Morgan fingerprint density at radius 3 is 2.53 bits per heavy atom. The molecule has 19 heavy (non-hydrogen) atoms. The third-order valence-electron chi connectivity index (χ3n) is 2.21. The SMILES string of the molecule is Cc1nnc(NS(=O)(=O)Cc2ccc(C#N)cc2)o1. The Kier molecular flexibility index (Phi) is 3.48. The summed E-state index contributed by atoms with van der Waals surface area (Å²) in [5, 5.41) is 15.7. The number of sulfonamides is 1. The van der Waals surface area contributed by atoms with Crippen LogP contribution in [0.25, 0.3) is 0 Å². The van der Waals surface area contributed by atoms with Gasteiger partial charge in [-0.2, -0.15) is 5.26 Å². The highest BCUT2D eigenvalue weighted by molar-refractivity contribution is 7.91. The molecule has 0 aliphatic rings. The summed E-state index contributed by atoms with van der Waals surface area (Å²) < 4.78 is 30.8. The first-order valence-electron chi connectivity index (χ1n) is 5.28. The first-order valence-corrected chi connectivity index (χ1v) is 6.93. The number of hydrogen-bond acceptors (Lipinski definition) is 6. The molecule has 1 aromatic carbocycles. The monoisotopic (exact) mass is 278 g/mol. The molecule has 8 heteroatoms. The molecule has 7 nitrogen and oxygen atoms in total. The van der Waals surface area contributed by atoms with Gasteiger partial charge < -0.3 is 4.42 Å². The topological polar surface area (TPSA) is 109 Å². The van der Waals surface area contributed by atoms with Gasteiger partial charge in [0, 0.05) is 6.92 Å². The van der Waals surface area contributed by atoms with E-state index in [-0.39, 0.29) is 17.7 Å². The summed E-state index contributed by atoms with van der Waals surface area (Å²) >= 11 is 0. The molecule has 2 rings (SSSR count). The molecule has 0 aliphatic heterocycles. The summed E-state index contributed by atoms with van der Waals surface area (Å²) in [6.07, 6.45) is 0.